The van der Waals surface area contributed by atoms with E-state index in [-0.39, 0.29) is 37.2 Å². The first kappa shape index (κ1) is 24.4. The number of aromatic nitrogens is 1. The zero-order chi connectivity index (χ0) is 24.2. The number of benzene rings is 1. The molecule has 2 saturated heterocycles. The van der Waals surface area contributed by atoms with Gasteiger partial charge in [0.2, 0.25) is 5.91 Å². The van der Waals surface area contributed by atoms with E-state index in [0.29, 0.717) is 30.1 Å². The van der Waals surface area contributed by atoms with Gasteiger partial charge in [0.05, 0.1) is 10.9 Å². The van der Waals surface area contributed by atoms with E-state index in [2.05, 4.69) is 15.6 Å². The summed E-state index contributed by atoms with van der Waals surface area (Å²) in [6, 6.07) is 6.14. The molecule has 4 N–H and O–H groups in total. The van der Waals surface area contributed by atoms with Crippen LogP contribution in [0.3, 0.4) is 0 Å². The standard InChI is InChI=1S/C19H18F2N4O3S.C4H9N.2H2/c1-9-19(27)24-16-14(29-9)5-2-10(15(16)20)6-25-7-11(8-25)28-13-4-3-12(18(22)26)23-17(13)21;1-2-4-5-3-1;;/h2-5,9,11H,6-8H2,1H3,(H2,22,26)(H,24,27);5H,1-4H2;2*1H. The molecule has 11 heteroatoms. The minimum atomic E-state index is -0.900. The smallest absolute Gasteiger partial charge is 0.267 e. The second kappa shape index (κ2) is 10.7. The summed E-state index contributed by atoms with van der Waals surface area (Å²) in [6.07, 6.45) is 2.50. The Labute approximate surface area is 203 Å². The number of hydrogen-bond donors (Lipinski definition) is 3. The number of likely N-dealkylation sites (tertiary alicyclic amines) is 1. The highest BCUT2D eigenvalue weighted by molar-refractivity contribution is 8.00. The molecular weight excluding hydrogens is 464 g/mol. The molecule has 2 amide bonds. The van der Waals surface area contributed by atoms with Crippen molar-refractivity contribution in [3.63, 3.8) is 0 Å². The average Bonchev–Trinajstić information content (AvgIpc) is 3.36. The second-order valence-corrected chi connectivity index (χ2v) is 9.78. The molecule has 8 nitrogen and oxygen atoms in total. The Hall–Kier alpha value is -2.76. The van der Waals surface area contributed by atoms with Gasteiger partial charge in [0, 0.05) is 32.9 Å². The largest absolute Gasteiger partial charge is 0.483 e. The maximum atomic E-state index is 14.8. The Kier molecular flexibility index (Phi) is 7.64. The number of ether oxygens (including phenoxy) is 1. The van der Waals surface area contributed by atoms with E-state index in [9.17, 15) is 18.4 Å². The SMILES string of the molecule is C1CCNC1.CC1Sc2ccc(CN3CC(Oc4ccc(C(N)=O)nc4F)C3)c(F)c2NC1=O.[HH].[HH]. The molecule has 186 valence electrons. The number of rotatable bonds is 5. The van der Waals surface area contributed by atoms with Gasteiger partial charge in [-0.1, -0.05) is 6.07 Å². The molecule has 0 spiro atoms. The van der Waals surface area contributed by atoms with E-state index in [0.717, 1.165) is 0 Å². The summed E-state index contributed by atoms with van der Waals surface area (Å²) in [7, 11) is 0. The van der Waals surface area contributed by atoms with Gasteiger partial charge in [0.25, 0.3) is 11.9 Å². The summed E-state index contributed by atoms with van der Waals surface area (Å²) < 4.78 is 34.2. The predicted octanol–water partition coefficient (Wildman–Crippen LogP) is 3.02. The first-order valence-corrected chi connectivity index (χ1v) is 12.0. The number of nitrogens with one attached hydrogen (secondary N) is 2. The molecule has 2 fully saturated rings. The Morgan fingerprint density at radius 2 is 2.00 bits per heavy atom. The molecule has 1 unspecified atom stereocenters. The van der Waals surface area contributed by atoms with Crippen LogP contribution in [0.5, 0.6) is 5.75 Å². The minimum Gasteiger partial charge on any atom is -0.483 e. The molecule has 3 aliphatic heterocycles. The van der Waals surface area contributed by atoms with E-state index in [1.54, 1.807) is 13.0 Å². The third kappa shape index (κ3) is 5.65. The van der Waals surface area contributed by atoms with E-state index in [4.69, 9.17) is 10.5 Å². The molecule has 1 aromatic carbocycles. The maximum Gasteiger partial charge on any atom is 0.267 e. The normalized spacial score (nSPS) is 20.0. The molecule has 0 saturated carbocycles. The molecule has 0 bridgehead atoms. The number of amides is 2. The van der Waals surface area contributed by atoms with Gasteiger partial charge in [0.15, 0.2) is 11.6 Å². The summed E-state index contributed by atoms with van der Waals surface area (Å²) in [4.78, 5) is 29.0. The Morgan fingerprint density at radius 3 is 2.62 bits per heavy atom. The Morgan fingerprint density at radius 1 is 1.26 bits per heavy atom. The molecule has 0 radical (unpaired) electrons. The van der Waals surface area contributed by atoms with Crippen molar-refractivity contribution >= 4 is 29.3 Å². The predicted molar refractivity (Wildman–Crippen MR) is 129 cm³/mol. The van der Waals surface area contributed by atoms with E-state index in [1.807, 2.05) is 11.0 Å². The number of hydrogen-bond acceptors (Lipinski definition) is 7. The number of carbonyl (C=O) groups is 2. The van der Waals surface area contributed by atoms with Crippen LogP contribution in [-0.2, 0) is 11.3 Å². The van der Waals surface area contributed by atoms with Crippen molar-refractivity contribution in [3.8, 4) is 5.75 Å². The summed E-state index contributed by atoms with van der Waals surface area (Å²) in [5.41, 5.74) is 5.58. The summed E-state index contributed by atoms with van der Waals surface area (Å²) in [5.74, 6) is -2.43. The van der Waals surface area contributed by atoms with Crippen molar-refractivity contribution in [1.82, 2.24) is 15.2 Å². The molecule has 1 aromatic heterocycles. The van der Waals surface area contributed by atoms with Crippen molar-refractivity contribution in [2.45, 2.75) is 42.6 Å². The topological polar surface area (TPSA) is 110 Å². The second-order valence-electron chi connectivity index (χ2n) is 8.40. The first-order valence-electron chi connectivity index (χ1n) is 11.2. The van der Waals surface area contributed by atoms with Crippen molar-refractivity contribution in [1.29, 1.82) is 0 Å². The zero-order valence-electron chi connectivity index (χ0n) is 18.8. The number of pyridine rings is 1. The molecule has 1 atom stereocenters. The highest BCUT2D eigenvalue weighted by Crippen LogP contribution is 2.38. The van der Waals surface area contributed by atoms with Crippen LogP contribution < -0.4 is 21.1 Å². The van der Waals surface area contributed by atoms with Crippen LogP contribution in [-0.4, -0.2) is 59.2 Å². The highest BCUT2D eigenvalue weighted by atomic mass is 32.2. The number of halogens is 2. The van der Waals surface area contributed by atoms with Crippen molar-refractivity contribution in [3.05, 3.63) is 47.3 Å². The van der Waals surface area contributed by atoms with Gasteiger partial charge in [0.1, 0.15) is 11.8 Å². The van der Waals surface area contributed by atoms with Crippen LogP contribution in [0, 0.1) is 11.8 Å². The fourth-order valence-corrected chi connectivity index (χ4v) is 4.78. The Bertz CT molecular complexity index is 1080. The molecule has 5 rings (SSSR count). The van der Waals surface area contributed by atoms with Crippen LogP contribution in [0.4, 0.5) is 14.5 Å². The lowest BCUT2D eigenvalue weighted by molar-refractivity contribution is -0.115. The third-order valence-corrected chi connectivity index (χ3v) is 6.90. The highest BCUT2D eigenvalue weighted by Gasteiger charge is 2.32. The summed E-state index contributed by atoms with van der Waals surface area (Å²) in [5, 5.41) is 5.59. The summed E-state index contributed by atoms with van der Waals surface area (Å²) in [6.45, 7) is 5.57. The van der Waals surface area contributed by atoms with E-state index >= 15 is 0 Å². The van der Waals surface area contributed by atoms with Crippen molar-refractivity contribution in [2.24, 2.45) is 5.73 Å². The van der Waals surface area contributed by atoms with Gasteiger partial charge in [-0.3, -0.25) is 14.5 Å². The minimum absolute atomic E-state index is 0. The molecule has 34 heavy (non-hydrogen) atoms. The van der Waals surface area contributed by atoms with Gasteiger partial charge >= 0.3 is 0 Å². The number of nitrogens with two attached hydrogens (primary N) is 1. The van der Waals surface area contributed by atoms with Gasteiger partial charge < -0.3 is 21.1 Å². The van der Waals surface area contributed by atoms with Gasteiger partial charge in [-0.25, -0.2) is 9.37 Å². The molecule has 0 aliphatic carbocycles. The number of anilines is 1. The lowest BCUT2D eigenvalue weighted by Gasteiger charge is -2.39. The van der Waals surface area contributed by atoms with Gasteiger partial charge in [-0.2, -0.15) is 4.39 Å². The van der Waals surface area contributed by atoms with Gasteiger partial charge in [-0.05, 0) is 51.1 Å². The van der Waals surface area contributed by atoms with Crippen LogP contribution in [0.2, 0.25) is 0 Å². The van der Waals surface area contributed by atoms with Crippen LogP contribution >= 0.6 is 11.8 Å². The fourth-order valence-electron chi connectivity index (χ4n) is 3.83. The van der Waals surface area contributed by atoms with Crippen molar-refractivity contribution in [2.75, 3.05) is 31.5 Å². The average molecular weight is 496 g/mol. The number of thioether (sulfide) groups is 1. The maximum absolute atomic E-state index is 14.8. The lowest BCUT2D eigenvalue weighted by Crippen LogP contribution is -2.53. The molecular formula is C23H31F2N5O3S. The number of carbonyl (C=O) groups excluding carboxylic acids is 2. The van der Waals surface area contributed by atoms with E-state index < -0.39 is 17.7 Å². The monoisotopic (exact) mass is 495 g/mol. The van der Waals surface area contributed by atoms with Crippen LogP contribution in [0.25, 0.3) is 0 Å². The first-order chi connectivity index (χ1) is 16.3. The molecule has 2 aromatic rings. The lowest BCUT2D eigenvalue weighted by atomic mass is 10.1. The van der Waals surface area contributed by atoms with Crippen LogP contribution in [0.15, 0.2) is 29.2 Å². The summed E-state index contributed by atoms with van der Waals surface area (Å²) >= 11 is 1.33. The Balaban J connectivity index is 0.000000584. The third-order valence-electron chi connectivity index (χ3n) is 5.74. The number of nitrogens with zero attached hydrogens (tertiary/aromatic N) is 2. The molecule has 3 aliphatic rings. The molecule has 4 heterocycles. The number of fused-ring (bicyclic) bond motifs is 1. The van der Waals surface area contributed by atoms with Crippen molar-refractivity contribution < 1.29 is 26.0 Å². The van der Waals surface area contributed by atoms with E-state index in [1.165, 1.54) is 49.8 Å². The quantitative estimate of drug-likeness (QED) is 0.547. The zero-order valence-corrected chi connectivity index (χ0v) is 19.6. The van der Waals surface area contributed by atoms with Crippen LogP contribution in [0.1, 0.15) is 38.7 Å². The fraction of sp³-hybridized carbons (Fsp3) is 0.435. The van der Waals surface area contributed by atoms with Gasteiger partial charge in [-0.15, -0.1) is 11.8 Å². The number of primary amides is 1.